The van der Waals surface area contributed by atoms with Gasteiger partial charge in [0.25, 0.3) is 0 Å². The van der Waals surface area contributed by atoms with Gasteiger partial charge in [-0.3, -0.25) is 4.79 Å². The fourth-order valence-corrected chi connectivity index (χ4v) is 3.23. The molecule has 0 spiro atoms. The highest BCUT2D eigenvalue weighted by Crippen LogP contribution is 2.27. The van der Waals surface area contributed by atoms with Crippen molar-refractivity contribution in [2.24, 2.45) is 0 Å². The number of hydrogen-bond acceptors (Lipinski definition) is 5. The van der Waals surface area contributed by atoms with E-state index in [1.165, 1.54) is 38.5 Å². The van der Waals surface area contributed by atoms with Crippen molar-refractivity contribution in [3.05, 3.63) is 59.4 Å². The molecule has 28 heavy (non-hydrogen) atoms. The Morgan fingerprint density at radius 3 is 2.21 bits per heavy atom. The van der Waals surface area contributed by atoms with E-state index in [1.54, 1.807) is 18.2 Å². The van der Waals surface area contributed by atoms with Gasteiger partial charge in [-0.1, -0.05) is 18.2 Å². The number of rotatable bonds is 9. The third-order valence-electron chi connectivity index (χ3n) is 4.00. The van der Waals surface area contributed by atoms with Gasteiger partial charge < -0.3 is 14.8 Å². The van der Waals surface area contributed by atoms with E-state index in [4.69, 9.17) is 9.47 Å². The number of hydrogen-bond donors (Lipinski definition) is 1. The minimum absolute atomic E-state index is 0.0249. The number of carbonyl (C=O) groups is 1. The molecular formula is C19H23FN2O5S. The summed E-state index contributed by atoms with van der Waals surface area (Å²) in [6, 6.07) is 10.7. The third kappa shape index (κ3) is 6.21. The number of benzene rings is 2. The summed E-state index contributed by atoms with van der Waals surface area (Å²) >= 11 is 0. The van der Waals surface area contributed by atoms with Crippen LogP contribution in [-0.2, 0) is 27.9 Å². The van der Waals surface area contributed by atoms with Crippen LogP contribution in [-0.4, -0.2) is 45.7 Å². The van der Waals surface area contributed by atoms with E-state index in [1.807, 2.05) is 0 Å². The molecule has 0 fully saturated rings. The highest BCUT2D eigenvalue weighted by molar-refractivity contribution is 7.88. The number of sulfonamides is 1. The molecule has 9 heteroatoms. The van der Waals surface area contributed by atoms with Crippen LogP contribution in [0.5, 0.6) is 11.5 Å². The fourth-order valence-electron chi connectivity index (χ4n) is 2.49. The highest BCUT2D eigenvalue weighted by Gasteiger charge is 2.20. The van der Waals surface area contributed by atoms with Gasteiger partial charge in [-0.05, 0) is 35.4 Å². The van der Waals surface area contributed by atoms with Crippen LogP contribution in [0, 0.1) is 5.82 Å². The van der Waals surface area contributed by atoms with Crippen LogP contribution in [0.15, 0.2) is 42.5 Å². The van der Waals surface area contributed by atoms with E-state index in [-0.39, 0.29) is 19.6 Å². The molecule has 0 aromatic heterocycles. The average Bonchev–Trinajstić information content (AvgIpc) is 2.66. The zero-order valence-corrected chi connectivity index (χ0v) is 16.8. The first kappa shape index (κ1) is 21.6. The Labute approximate surface area is 164 Å². The largest absolute Gasteiger partial charge is 0.493 e. The van der Waals surface area contributed by atoms with Gasteiger partial charge in [0.1, 0.15) is 5.82 Å². The summed E-state index contributed by atoms with van der Waals surface area (Å²) in [4.78, 5) is 12.3. The van der Waals surface area contributed by atoms with Crippen molar-refractivity contribution < 1.29 is 27.1 Å². The van der Waals surface area contributed by atoms with Crippen molar-refractivity contribution >= 4 is 15.9 Å². The lowest BCUT2D eigenvalue weighted by atomic mass is 10.2. The maximum absolute atomic E-state index is 13.0. The number of halogens is 1. The van der Waals surface area contributed by atoms with Gasteiger partial charge in [0.15, 0.2) is 11.5 Å². The summed E-state index contributed by atoms with van der Waals surface area (Å²) in [6.45, 7) is -0.167. The standard InChI is InChI=1S/C19H23FN2O5S/c1-26-17-9-6-15(10-18(17)27-2)11-21-19(23)13-22(28(3,24)25)12-14-4-7-16(20)8-5-14/h4-10H,11-13H2,1-3H3,(H,21,23). The van der Waals surface area contributed by atoms with Gasteiger partial charge in [0, 0.05) is 13.1 Å². The zero-order valence-electron chi connectivity index (χ0n) is 15.9. The Balaban J connectivity index is 2.01. The third-order valence-corrected chi connectivity index (χ3v) is 5.20. The molecule has 0 atom stereocenters. The van der Waals surface area contributed by atoms with E-state index in [9.17, 15) is 17.6 Å². The molecule has 0 radical (unpaired) electrons. The maximum atomic E-state index is 13.0. The van der Waals surface area contributed by atoms with Gasteiger partial charge in [-0.2, -0.15) is 4.31 Å². The Bertz CT molecular complexity index is 916. The number of methoxy groups -OCH3 is 2. The second-order valence-electron chi connectivity index (χ2n) is 6.12. The normalized spacial score (nSPS) is 11.3. The summed E-state index contributed by atoms with van der Waals surface area (Å²) in [6.07, 6.45) is 1.03. The van der Waals surface area contributed by atoms with Gasteiger partial charge >= 0.3 is 0 Å². The van der Waals surface area contributed by atoms with Crippen molar-refractivity contribution in [3.63, 3.8) is 0 Å². The summed E-state index contributed by atoms with van der Waals surface area (Å²) in [7, 11) is -0.587. The second kappa shape index (κ2) is 9.52. The smallest absolute Gasteiger partial charge is 0.235 e. The van der Waals surface area contributed by atoms with Crippen molar-refractivity contribution in [1.82, 2.24) is 9.62 Å². The number of carbonyl (C=O) groups excluding carboxylic acids is 1. The van der Waals surface area contributed by atoms with Crippen LogP contribution in [0.1, 0.15) is 11.1 Å². The Hall–Kier alpha value is -2.65. The predicted molar refractivity (Wildman–Crippen MR) is 103 cm³/mol. The zero-order chi connectivity index (χ0) is 20.7. The molecule has 2 rings (SSSR count). The molecular weight excluding hydrogens is 387 g/mol. The van der Waals surface area contributed by atoms with E-state index in [2.05, 4.69) is 5.32 Å². The number of nitrogens with zero attached hydrogens (tertiary/aromatic N) is 1. The lowest BCUT2D eigenvalue weighted by molar-refractivity contribution is -0.121. The second-order valence-corrected chi connectivity index (χ2v) is 8.11. The maximum Gasteiger partial charge on any atom is 0.235 e. The molecule has 0 aliphatic carbocycles. The molecule has 152 valence electrons. The van der Waals surface area contributed by atoms with Gasteiger partial charge in [0.2, 0.25) is 15.9 Å². The lowest BCUT2D eigenvalue weighted by Gasteiger charge is -2.19. The van der Waals surface area contributed by atoms with Crippen LogP contribution in [0.2, 0.25) is 0 Å². The SMILES string of the molecule is COc1ccc(CNC(=O)CN(Cc2ccc(F)cc2)S(C)(=O)=O)cc1OC. The molecule has 2 aromatic carbocycles. The first-order valence-electron chi connectivity index (χ1n) is 8.40. The van der Waals surface area contributed by atoms with Crippen molar-refractivity contribution in [1.29, 1.82) is 0 Å². The fraction of sp³-hybridized carbons (Fsp3) is 0.316. The monoisotopic (exact) mass is 410 g/mol. The molecule has 1 N–H and O–H groups in total. The van der Waals surface area contributed by atoms with Gasteiger partial charge in [-0.15, -0.1) is 0 Å². The molecule has 0 aliphatic rings. The van der Waals surface area contributed by atoms with Gasteiger partial charge in [-0.25, -0.2) is 12.8 Å². The van der Waals surface area contributed by atoms with E-state index in [0.29, 0.717) is 17.1 Å². The number of ether oxygens (including phenoxy) is 2. The summed E-state index contributed by atoms with van der Waals surface area (Å²) in [5.41, 5.74) is 1.36. The van der Waals surface area contributed by atoms with Crippen LogP contribution in [0.3, 0.4) is 0 Å². The van der Waals surface area contributed by atoms with E-state index < -0.39 is 21.7 Å². The summed E-state index contributed by atoms with van der Waals surface area (Å²) < 4.78 is 48.4. The Morgan fingerprint density at radius 1 is 1.04 bits per heavy atom. The van der Waals surface area contributed by atoms with Crippen LogP contribution < -0.4 is 14.8 Å². The van der Waals surface area contributed by atoms with Crippen LogP contribution in [0.4, 0.5) is 4.39 Å². The first-order valence-corrected chi connectivity index (χ1v) is 10.2. The molecule has 0 saturated heterocycles. The van der Waals surface area contributed by atoms with E-state index in [0.717, 1.165) is 16.1 Å². The average molecular weight is 410 g/mol. The topological polar surface area (TPSA) is 84.9 Å². The number of nitrogens with one attached hydrogen (secondary N) is 1. The summed E-state index contributed by atoms with van der Waals surface area (Å²) in [5.74, 6) is 0.230. The van der Waals surface area contributed by atoms with Crippen molar-refractivity contribution in [2.45, 2.75) is 13.1 Å². The van der Waals surface area contributed by atoms with Crippen molar-refractivity contribution in [3.8, 4) is 11.5 Å². The quantitative estimate of drug-likeness (QED) is 0.683. The molecule has 0 heterocycles. The predicted octanol–water partition coefficient (Wildman–Crippen LogP) is 1.92. The van der Waals surface area contributed by atoms with Gasteiger partial charge in [0.05, 0.1) is 27.0 Å². The number of amides is 1. The Morgan fingerprint density at radius 2 is 1.64 bits per heavy atom. The minimum atomic E-state index is -3.63. The summed E-state index contributed by atoms with van der Waals surface area (Å²) in [5, 5.41) is 2.68. The molecule has 0 saturated carbocycles. The molecule has 2 aromatic rings. The minimum Gasteiger partial charge on any atom is -0.493 e. The van der Waals surface area contributed by atoms with Crippen LogP contribution in [0.25, 0.3) is 0 Å². The molecule has 0 aliphatic heterocycles. The molecule has 1 amide bonds. The first-order chi connectivity index (χ1) is 13.2. The Kier molecular flexibility index (Phi) is 7.36. The molecule has 0 unspecified atom stereocenters. The van der Waals surface area contributed by atoms with Crippen LogP contribution >= 0.6 is 0 Å². The highest BCUT2D eigenvalue weighted by atomic mass is 32.2. The van der Waals surface area contributed by atoms with Crippen molar-refractivity contribution in [2.75, 3.05) is 27.0 Å². The molecule has 0 bridgehead atoms. The molecule has 7 nitrogen and oxygen atoms in total. The lowest BCUT2D eigenvalue weighted by Crippen LogP contribution is -2.39. The van der Waals surface area contributed by atoms with E-state index >= 15 is 0 Å².